The fourth-order valence-corrected chi connectivity index (χ4v) is 2.58. The van der Waals surface area contributed by atoms with Crippen LogP contribution in [-0.2, 0) is 27.2 Å². The zero-order chi connectivity index (χ0) is 18.4. The Kier molecular flexibility index (Phi) is 5.79. The molecule has 0 aliphatic heterocycles. The Bertz CT molecular complexity index is 716. The number of carbonyl (C=O) groups excluding carboxylic acids is 3. The molecule has 1 aliphatic carbocycles. The van der Waals surface area contributed by atoms with Crippen molar-refractivity contribution in [2.24, 2.45) is 5.92 Å². The van der Waals surface area contributed by atoms with Crippen LogP contribution in [0.5, 0.6) is 0 Å². The van der Waals surface area contributed by atoms with E-state index in [2.05, 4.69) is 0 Å². The first-order valence-corrected chi connectivity index (χ1v) is 8.74. The second-order valence-electron chi connectivity index (χ2n) is 6.47. The molecule has 0 bridgehead atoms. The zero-order valence-corrected chi connectivity index (χ0v) is 14.5. The number of amides is 3. The molecule has 26 heavy (non-hydrogen) atoms. The third kappa shape index (κ3) is 5.02. The highest BCUT2D eigenvalue weighted by atomic mass is 16.6. The van der Waals surface area contributed by atoms with E-state index in [-0.39, 0.29) is 19.4 Å². The van der Waals surface area contributed by atoms with Gasteiger partial charge in [0.15, 0.2) is 0 Å². The predicted molar refractivity (Wildman–Crippen MR) is 96.2 cm³/mol. The summed E-state index contributed by atoms with van der Waals surface area (Å²) >= 11 is 0. The monoisotopic (exact) mass is 351 g/mol. The fraction of sp³-hybridized carbons (Fsp3) is 0.286. The highest BCUT2D eigenvalue weighted by Crippen LogP contribution is 2.29. The topological polar surface area (TPSA) is 63.7 Å². The minimum atomic E-state index is -0.876. The summed E-state index contributed by atoms with van der Waals surface area (Å²) in [5.74, 6) is -0.787. The average Bonchev–Trinajstić information content (AvgIpc) is 3.46. The van der Waals surface area contributed by atoms with Gasteiger partial charge in [-0.3, -0.25) is 9.59 Å². The Morgan fingerprint density at radius 2 is 1.27 bits per heavy atom. The molecule has 2 aromatic rings. The van der Waals surface area contributed by atoms with Crippen LogP contribution < -0.4 is 0 Å². The molecular formula is C21H21NO4. The summed E-state index contributed by atoms with van der Waals surface area (Å²) in [4.78, 5) is 38.4. The molecule has 0 aromatic heterocycles. The molecule has 2 aromatic carbocycles. The van der Waals surface area contributed by atoms with Crippen molar-refractivity contribution in [2.75, 3.05) is 6.61 Å². The summed E-state index contributed by atoms with van der Waals surface area (Å²) < 4.78 is 5.19. The van der Waals surface area contributed by atoms with Crippen molar-refractivity contribution in [2.45, 2.75) is 25.7 Å². The van der Waals surface area contributed by atoms with Gasteiger partial charge in [-0.05, 0) is 29.9 Å². The predicted octanol–water partition coefficient (Wildman–Crippen LogP) is 3.37. The van der Waals surface area contributed by atoms with E-state index in [1.165, 1.54) is 0 Å². The van der Waals surface area contributed by atoms with Gasteiger partial charge in [-0.25, -0.2) is 4.79 Å². The number of ether oxygens (including phenoxy) is 1. The summed E-state index contributed by atoms with van der Waals surface area (Å²) in [5, 5.41) is 0. The van der Waals surface area contributed by atoms with Gasteiger partial charge in [-0.1, -0.05) is 60.7 Å². The highest BCUT2D eigenvalue weighted by molar-refractivity contribution is 6.09. The number of nitrogens with zero attached hydrogens (tertiary/aromatic N) is 1. The second-order valence-corrected chi connectivity index (χ2v) is 6.47. The second kappa shape index (κ2) is 8.43. The maximum absolute atomic E-state index is 12.7. The zero-order valence-electron chi connectivity index (χ0n) is 14.5. The Labute approximate surface area is 152 Å². The largest absolute Gasteiger partial charge is 0.448 e. The molecule has 1 saturated carbocycles. The Hall–Kier alpha value is -2.95. The minimum absolute atomic E-state index is 0.0279. The van der Waals surface area contributed by atoms with Gasteiger partial charge in [0.2, 0.25) is 11.8 Å². The van der Waals surface area contributed by atoms with Crippen LogP contribution in [0.25, 0.3) is 0 Å². The lowest BCUT2D eigenvalue weighted by Crippen LogP contribution is -2.44. The van der Waals surface area contributed by atoms with Gasteiger partial charge < -0.3 is 4.74 Å². The number of benzene rings is 2. The van der Waals surface area contributed by atoms with E-state index in [0.717, 1.165) is 24.0 Å². The molecule has 5 nitrogen and oxygen atoms in total. The maximum Gasteiger partial charge on any atom is 0.423 e. The number of hydrogen-bond donors (Lipinski definition) is 0. The standard InChI is InChI=1S/C21H21NO4/c23-19(13-16-7-3-1-4-8-16)22(21(25)26-15-18-11-12-18)20(24)14-17-9-5-2-6-10-17/h1-10,18H,11-15H2. The molecule has 134 valence electrons. The maximum atomic E-state index is 12.7. The van der Waals surface area contributed by atoms with Gasteiger partial charge in [-0.15, -0.1) is 0 Å². The van der Waals surface area contributed by atoms with Crippen molar-refractivity contribution in [3.8, 4) is 0 Å². The SMILES string of the molecule is O=C(Cc1ccccc1)N(C(=O)Cc1ccccc1)C(=O)OCC1CC1. The molecule has 0 N–H and O–H groups in total. The van der Waals surface area contributed by atoms with Crippen molar-refractivity contribution < 1.29 is 19.1 Å². The molecule has 0 spiro atoms. The van der Waals surface area contributed by atoms with Crippen molar-refractivity contribution >= 4 is 17.9 Å². The van der Waals surface area contributed by atoms with Crippen molar-refractivity contribution in [1.29, 1.82) is 0 Å². The molecule has 5 heteroatoms. The van der Waals surface area contributed by atoms with Crippen molar-refractivity contribution in [3.63, 3.8) is 0 Å². The van der Waals surface area contributed by atoms with Crippen LogP contribution in [0, 0.1) is 5.92 Å². The van der Waals surface area contributed by atoms with Crippen LogP contribution in [0.2, 0.25) is 0 Å². The number of carbonyl (C=O) groups is 3. The number of imide groups is 3. The van der Waals surface area contributed by atoms with Crippen LogP contribution in [0.4, 0.5) is 4.79 Å². The van der Waals surface area contributed by atoms with Gasteiger partial charge in [0.1, 0.15) is 0 Å². The summed E-state index contributed by atoms with van der Waals surface area (Å²) in [7, 11) is 0. The van der Waals surface area contributed by atoms with E-state index < -0.39 is 17.9 Å². The minimum Gasteiger partial charge on any atom is -0.448 e. The third-order valence-corrected chi connectivity index (χ3v) is 4.22. The van der Waals surface area contributed by atoms with E-state index in [4.69, 9.17) is 4.74 Å². The van der Waals surface area contributed by atoms with Crippen LogP contribution >= 0.6 is 0 Å². The molecule has 0 saturated heterocycles. The molecule has 0 unspecified atom stereocenters. The molecule has 0 radical (unpaired) electrons. The van der Waals surface area contributed by atoms with Crippen LogP contribution in [0.15, 0.2) is 60.7 Å². The molecule has 3 amide bonds. The average molecular weight is 351 g/mol. The van der Waals surface area contributed by atoms with Crippen LogP contribution in [0.1, 0.15) is 24.0 Å². The molecular weight excluding hydrogens is 330 g/mol. The lowest BCUT2D eigenvalue weighted by Gasteiger charge is -2.19. The first-order chi connectivity index (χ1) is 12.6. The molecule has 1 aliphatic rings. The molecule has 3 rings (SSSR count). The summed E-state index contributed by atoms with van der Waals surface area (Å²) in [6.45, 7) is 0.257. The number of hydrogen-bond acceptors (Lipinski definition) is 4. The molecule has 0 atom stereocenters. The summed E-state index contributed by atoms with van der Waals surface area (Å²) in [5.41, 5.74) is 1.48. The van der Waals surface area contributed by atoms with Crippen LogP contribution in [-0.4, -0.2) is 29.4 Å². The normalized spacial score (nSPS) is 13.1. The first kappa shape index (κ1) is 17.9. The van der Waals surface area contributed by atoms with E-state index in [1.54, 1.807) is 24.3 Å². The van der Waals surface area contributed by atoms with Crippen molar-refractivity contribution in [3.05, 3.63) is 71.8 Å². The van der Waals surface area contributed by atoms with Crippen LogP contribution in [0.3, 0.4) is 0 Å². The van der Waals surface area contributed by atoms with Gasteiger partial charge >= 0.3 is 6.09 Å². The fourth-order valence-electron chi connectivity index (χ4n) is 2.58. The molecule has 1 fully saturated rings. The smallest absolute Gasteiger partial charge is 0.423 e. The summed E-state index contributed by atoms with van der Waals surface area (Å²) in [6, 6.07) is 18.1. The Morgan fingerprint density at radius 1 is 0.808 bits per heavy atom. The van der Waals surface area contributed by atoms with E-state index in [1.807, 2.05) is 36.4 Å². The van der Waals surface area contributed by atoms with Gasteiger partial charge in [0.25, 0.3) is 0 Å². The lowest BCUT2D eigenvalue weighted by atomic mass is 10.1. The van der Waals surface area contributed by atoms with Crippen molar-refractivity contribution in [1.82, 2.24) is 4.90 Å². The lowest BCUT2D eigenvalue weighted by molar-refractivity contribution is -0.141. The highest BCUT2D eigenvalue weighted by Gasteiger charge is 2.32. The van der Waals surface area contributed by atoms with E-state index in [9.17, 15) is 14.4 Å². The molecule has 0 heterocycles. The summed E-state index contributed by atoms with van der Waals surface area (Å²) in [6.07, 6.45) is 1.10. The van der Waals surface area contributed by atoms with Gasteiger partial charge in [0, 0.05) is 0 Å². The first-order valence-electron chi connectivity index (χ1n) is 8.74. The third-order valence-electron chi connectivity index (χ3n) is 4.22. The quantitative estimate of drug-likeness (QED) is 0.800. The van der Waals surface area contributed by atoms with Gasteiger partial charge in [0.05, 0.1) is 19.4 Å². The van der Waals surface area contributed by atoms with Gasteiger partial charge in [-0.2, -0.15) is 4.90 Å². The Balaban J connectivity index is 1.72. The van der Waals surface area contributed by atoms with E-state index in [0.29, 0.717) is 10.8 Å². The number of rotatable bonds is 6. The Morgan fingerprint density at radius 3 is 1.69 bits per heavy atom. The van der Waals surface area contributed by atoms with E-state index >= 15 is 0 Å².